The van der Waals surface area contributed by atoms with Crippen LogP contribution in [0.1, 0.15) is 219 Å². The Morgan fingerprint density at radius 2 is 1.03 bits per heavy atom. The van der Waals surface area contributed by atoms with Gasteiger partial charge < -0.3 is 39.4 Å². The molecule has 0 aromatic heterocycles. The average Bonchev–Trinajstić information content (AvgIpc) is 3.22. The topological polar surface area (TPSA) is 135 Å². The lowest BCUT2D eigenvalue weighted by Gasteiger charge is -2.39. The van der Waals surface area contributed by atoms with Crippen LogP contribution >= 0.6 is 0 Å². The van der Waals surface area contributed by atoms with Crippen molar-refractivity contribution < 1.29 is 44.2 Å². The standard InChI is InChI=1S/C49H92O9/c1-3-5-7-9-11-13-15-17-18-19-20-21-22-23-24-25-27-29-31-33-35-37-39-55-41-43(42-56-49-48(54)47(53)46(52)44(40-50)58-49)57-45(51)38-36-34-32-30-28-26-16-14-12-10-8-6-4-2/h8,10,14,16,43-44,46-50,52-54H,3-7,9,11-13,15,17-42H2,1-2H3/b10-8-,16-14-. The number of allylic oxidation sites excluding steroid dienone is 4. The third-order valence-electron chi connectivity index (χ3n) is 11.4. The van der Waals surface area contributed by atoms with Crippen LogP contribution in [0.25, 0.3) is 0 Å². The van der Waals surface area contributed by atoms with E-state index in [4.69, 9.17) is 18.9 Å². The first kappa shape index (κ1) is 54.7. The Bertz CT molecular complexity index is 941. The van der Waals surface area contributed by atoms with Crippen molar-refractivity contribution in [3.8, 4) is 0 Å². The molecule has 0 aliphatic carbocycles. The Balaban J connectivity index is 2.18. The average molecular weight is 825 g/mol. The van der Waals surface area contributed by atoms with Crippen LogP contribution in [-0.4, -0.2) is 89.6 Å². The van der Waals surface area contributed by atoms with Gasteiger partial charge in [0.05, 0.1) is 19.8 Å². The first-order valence-electron chi connectivity index (χ1n) is 24.4. The molecule has 0 spiro atoms. The zero-order valence-corrected chi connectivity index (χ0v) is 37.6. The van der Waals surface area contributed by atoms with Crippen molar-refractivity contribution >= 4 is 5.97 Å². The highest BCUT2D eigenvalue weighted by atomic mass is 16.7. The summed E-state index contributed by atoms with van der Waals surface area (Å²) in [4.78, 5) is 12.8. The van der Waals surface area contributed by atoms with Gasteiger partial charge in [0.25, 0.3) is 0 Å². The van der Waals surface area contributed by atoms with Gasteiger partial charge in [0.15, 0.2) is 6.29 Å². The van der Waals surface area contributed by atoms with E-state index in [-0.39, 0.29) is 19.2 Å². The summed E-state index contributed by atoms with van der Waals surface area (Å²) in [6.45, 7) is 4.51. The lowest BCUT2D eigenvalue weighted by molar-refractivity contribution is -0.305. The number of aliphatic hydroxyl groups is 4. The molecule has 1 aliphatic heterocycles. The van der Waals surface area contributed by atoms with Crippen LogP contribution in [0.3, 0.4) is 0 Å². The summed E-state index contributed by atoms with van der Waals surface area (Å²) < 4.78 is 22.8. The monoisotopic (exact) mass is 825 g/mol. The zero-order chi connectivity index (χ0) is 42.2. The van der Waals surface area contributed by atoms with E-state index in [1.807, 2.05) is 0 Å². The van der Waals surface area contributed by atoms with Crippen LogP contribution in [0.15, 0.2) is 24.3 Å². The predicted octanol–water partition coefficient (Wildman–Crippen LogP) is 11.4. The number of carbonyl (C=O) groups excluding carboxylic acids is 1. The van der Waals surface area contributed by atoms with Crippen LogP contribution in [-0.2, 0) is 23.7 Å². The van der Waals surface area contributed by atoms with Crippen molar-refractivity contribution in [3.05, 3.63) is 24.3 Å². The van der Waals surface area contributed by atoms with Gasteiger partial charge in [-0.05, 0) is 38.5 Å². The molecule has 4 N–H and O–H groups in total. The molecule has 0 radical (unpaired) electrons. The van der Waals surface area contributed by atoms with E-state index in [2.05, 4.69) is 38.2 Å². The molecular formula is C49H92O9. The molecule has 0 bridgehead atoms. The molecule has 9 heteroatoms. The highest BCUT2D eigenvalue weighted by Gasteiger charge is 2.44. The molecular weight excluding hydrogens is 733 g/mol. The smallest absolute Gasteiger partial charge is 0.306 e. The Hall–Kier alpha value is -1.33. The fraction of sp³-hybridized carbons (Fsp3) is 0.898. The quantitative estimate of drug-likeness (QED) is 0.0269. The van der Waals surface area contributed by atoms with Crippen LogP contribution in [0.2, 0.25) is 0 Å². The molecule has 6 unspecified atom stereocenters. The summed E-state index contributed by atoms with van der Waals surface area (Å²) in [5.74, 6) is -0.325. The summed E-state index contributed by atoms with van der Waals surface area (Å²) in [5, 5.41) is 40.1. The number of hydrogen-bond acceptors (Lipinski definition) is 9. The fourth-order valence-electron chi connectivity index (χ4n) is 7.53. The number of ether oxygens (including phenoxy) is 4. The van der Waals surface area contributed by atoms with Crippen LogP contribution in [0.4, 0.5) is 0 Å². The van der Waals surface area contributed by atoms with Crippen molar-refractivity contribution in [3.63, 3.8) is 0 Å². The van der Waals surface area contributed by atoms with E-state index in [0.717, 1.165) is 64.2 Å². The summed E-state index contributed by atoms with van der Waals surface area (Å²) in [6, 6.07) is 0. The second-order valence-electron chi connectivity index (χ2n) is 16.9. The van der Waals surface area contributed by atoms with Gasteiger partial charge in [-0.15, -0.1) is 0 Å². The Labute approximate surface area is 356 Å². The molecule has 0 amide bonds. The maximum absolute atomic E-state index is 12.8. The number of rotatable bonds is 42. The second-order valence-corrected chi connectivity index (χ2v) is 16.9. The van der Waals surface area contributed by atoms with Gasteiger partial charge >= 0.3 is 5.97 Å². The van der Waals surface area contributed by atoms with Crippen molar-refractivity contribution in [1.82, 2.24) is 0 Å². The Morgan fingerprint density at radius 1 is 0.552 bits per heavy atom. The normalized spacial score (nSPS) is 20.4. The largest absolute Gasteiger partial charge is 0.457 e. The highest BCUT2D eigenvalue weighted by molar-refractivity contribution is 5.69. The van der Waals surface area contributed by atoms with Crippen LogP contribution in [0, 0.1) is 0 Å². The first-order chi connectivity index (χ1) is 28.4. The second kappa shape index (κ2) is 41.0. The summed E-state index contributed by atoms with van der Waals surface area (Å²) >= 11 is 0. The summed E-state index contributed by atoms with van der Waals surface area (Å²) in [6.07, 6.45) is 40.7. The highest BCUT2D eigenvalue weighted by Crippen LogP contribution is 2.23. The Morgan fingerprint density at radius 3 is 1.55 bits per heavy atom. The van der Waals surface area contributed by atoms with Crippen LogP contribution in [0.5, 0.6) is 0 Å². The third kappa shape index (κ3) is 31.5. The molecule has 1 fully saturated rings. The van der Waals surface area contributed by atoms with Gasteiger partial charge in [0.1, 0.15) is 30.5 Å². The lowest BCUT2D eigenvalue weighted by Crippen LogP contribution is -2.59. The number of aliphatic hydroxyl groups excluding tert-OH is 4. The maximum Gasteiger partial charge on any atom is 0.306 e. The van der Waals surface area contributed by atoms with Gasteiger partial charge in [-0.1, -0.05) is 199 Å². The third-order valence-corrected chi connectivity index (χ3v) is 11.4. The van der Waals surface area contributed by atoms with Crippen molar-refractivity contribution in [2.45, 2.75) is 256 Å². The predicted molar refractivity (Wildman–Crippen MR) is 238 cm³/mol. The molecule has 0 aromatic carbocycles. The van der Waals surface area contributed by atoms with Gasteiger partial charge in [-0.3, -0.25) is 4.79 Å². The minimum Gasteiger partial charge on any atom is -0.457 e. The van der Waals surface area contributed by atoms with Gasteiger partial charge in [-0.25, -0.2) is 0 Å². The van der Waals surface area contributed by atoms with Gasteiger partial charge in [0, 0.05) is 13.0 Å². The fourth-order valence-corrected chi connectivity index (χ4v) is 7.53. The molecule has 58 heavy (non-hydrogen) atoms. The van der Waals surface area contributed by atoms with Gasteiger partial charge in [0.2, 0.25) is 0 Å². The van der Waals surface area contributed by atoms with E-state index in [1.165, 1.54) is 135 Å². The first-order valence-corrected chi connectivity index (χ1v) is 24.4. The molecule has 1 heterocycles. The van der Waals surface area contributed by atoms with Gasteiger partial charge in [-0.2, -0.15) is 0 Å². The number of hydrogen-bond donors (Lipinski definition) is 4. The molecule has 1 rings (SSSR count). The van der Waals surface area contributed by atoms with E-state index < -0.39 is 43.4 Å². The van der Waals surface area contributed by atoms with Crippen molar-refractivity contribution in [2.24, 2.45) is 0 Å². The van der Waals surface area contributed by atoms with Crippen molar-refractivity contribution in [1.29, 1.82) is 0 Å². The SMILES string of the molecule is CCC/C=C\C/C=C\CCCCCCCC(=O)OC(COCCCCCCCCCCCCCCCCCCCCCCCC)COC1OC(CO)C(O)C(O)C1O. The minimum atomic E-state index is -1.54. The number of unbranched alkanes of at least 4 members (excludes halogenated alkanes) is 27. The van der Waals surface area contributed by atoms with E-state index in [0.29, 0.717) is 13.0 Å². The lowest BCUT2D eigenvalue weighted by atomic mass is 9.99. The molecule has 1 saturated heterocycles. The van der Waals surface area contributed by atoms with Crippen LogP contribution < -0.4 is 0 Å². The Kier molecular flexibility index (Phi) is 38.7. The minimum absolute atomic E-state index is 0.115. The molecule has 9 nitrogen and oxygen atoms in total. The van der Waals surface area contributed by atoms with E-state index >= 15 is 0 Å². The number of esters is 1. The van der Waals surface area contributed by atoms with E-state index in [1.54, 1.807) is 0 Å². The maximum atomic E-state index is 12.8. The number of carbonyl (C=O) groups is 1. The summed E-state index contributed by atoms with van der Waals surface area (Å²) in [7, 11) is 0. The molecule has 342 valence electrons. The van der Waals surface area contributed by atoms with Crippen molar-refractivity contribution in [2.75, 3.05) is 26.4 Å². The van der Waals surface area contributed by atoms with E-state index in [9.17, 15) is 25.2 Å². The zero-order valence-electron chi connectivity index (χ0n) is 37.6. The molecule has 6 atom stereocenters. The summed E-state index contributed by atoms with van der Waals surface area (Å²) in [5.41, 5.74) is 0. The molecule has 1 aliphatic rings. The molecule has 0 aromatic rings. The molecule has 0 saturated carbocycles.